The van der Waals surface area contributed by atoms with Crippen LogP contribution in [0, 0.1) is 10.1 Å². The number of ether oxygens (including phenoxy) is 1. The highest BCUT2D eigenvalue weighted by molar-refractivity contribution is 5.99. The third-order valence-electron chi connectivity index (χ3n) is 7.04. The maximum absolute atomic E-state index is 13.6. The summed E-state index contributed by atoms with van der Waals surface area (Å²) in [4.78, 5) is 39.0. The van der Waals surface area contributed by atoms with Crippen LogP contribution in [0.1, 0.15) is 44.2 Å². The van der Waals surface area contributed by atoms with Gasteiger partial charge in [0.25, 0.3) is 5.69 Å². The van der Waals surface area contributed by atoms with Crippen LogP contribution in [-0.4, -0.2) is 52.1 Å². The topological polar surface area (TPSA) is 122 Å². The van der Waals surface area contributed by atoms with Gasteiger partial charge in [-0.25, -0.2) is 9.59 Å². The molecule has 0 bridgehead atoms. The Morgan fingerprint density at radius 3 is 2.51 bits per heavy atom. The van der Waals surface area contributed by atoms with Crippen LogP contribution < -0.4 is 5.32 Å². The normalized spacial score (nSPS) is 22.1. The third-order valence-corrected chi connectivity index (χ3v) is 7.04. The van der Waals surface area contributed by atoms with Crippen molar-refractivity contribution in [2.45, 2.75) is 45.1 Å². The smallest absolute Gasteiger partial charge is 0.337 e. The van der Waals surface area contributed by atoms with Gasteiger partial charge in [-0.15, -0.1) is 0 Å². The lowest BCUT2D eigenvalue weighted by Crippen LogP contribution is -2.39. The summed E-state index contributed by atoms with van der Waals surface area (Å²) in [5.74, 6) is -2.84. The van der Waals surface area contributed by atoms with Gasteiger partial charge in [0.1, 0.15) is 5.60 Å². The predicted molar refractivity (Wildman–Crippen MR) is 138 cm³/mol. The SMILES string of the molecule is CC1=C(C(=O)O)C(c2cccc([N+](=O)[O-])c2)C(C(=O)OC2(C)CCN(CCc3ccccc3)C2)=C(C)N1. The number of carbonyl (C=O) groups is 2. The third kappa shape index (κ3) is 5.72. The van der Waals surface area contributed by atoms with E-state index in [1.54, 1.807) is 19.9 Å². The number of hydrogen-bond donors (Lipinski definition) is 2. The van der Waals surface area contributed by atoms with Crippen molar-refractivity contribution >= 4 is 17.6 Å². The quantitative estimate of drug-likeness (QED) is 0.312. The molecule has 9 heteroatoms. The number of nitrogens with zero attached hydrogens (tertiary/aromatic N) is 2. The summed E-state index contributed by atoms with van der Waals surface area (Å²) in [5, 5.41) is 24.4. The Hall–Kier alpha value is -3.98. The van der Waals surface area contributed by atoms with Gasteiger partial charge in [-0.1, -0.05) is 42.5 Å². The molecule has 1 fully saturated rings. The van der Waals surface area contributed by atoms with Crippen LogP contribution in [0.15, 0.2) is 77.1 Å². The molecule has 0 aromatic heterocycles. The molecular weight excluding hydrogens is 474 g/mol. The van der Waals surface area contributed by atoms with Crippen molar-refractivity contribution in [3.63, 3.8) is 0 Å². The van der Waals surface area contributed by atoms with E-state index in [9.17, 15) is 24.8 Å². The van der Waals surface area contributed by atoms with Gasteiger partial charge in [-0.3, -0.25) is 15.0 Å². The number of esters is 1. The molecule has 194 valence electrons. The largest absolute Gasteiger partial charge is 0.478 e. The van der Waals surface area contributed by atoms with Crippen LogP contribution in [0.25, 0.3) is 0 Å². The van der Waals surface area contributed by atoms with E-state index in [-0.39, 0.29) is 16.8 Å². The molecule has 37 heavy (non-hydrogen) atoms. The molecule has 0 amide bonds. The molecule has 2 aliphatic rings. The lowest BCUT2D eigenvalue weighted by molar-refractivity contribution is -0.384. The number of likely N-dealkylation sites (tertiary alicyclic amines) is 1. The van der Waals surface area contributed by atoms with Gasteiger partial charge < -0.3 is 15.2 Å². The summed E-state index contributed by atoms with van der Waals surface area (Å²) in [6.07, 6.45) is 1.54. The van der Waals surface area contributed by atoms with Crippen molar-refractivity contribution in [1.29, 1.82) is 0 Å². The molecule has 2 N–H and O–H groups in total. The highest BCUT2D eigenvalue weighted by Crippen LogP contribution is 2.40. The average molecular weight is 506 g/mol. The molecule has 9 nitrogen and oxygen atoms in total. The molecule has 2 atom stereocenters. The second kappa shape index (κ2) is 10.6. The summed E-state index contributed by atoms with van der Waals surface area (Å²) in [6.45, 7) is 7.37. The van der Waals surface area contributed by atoms with Gasteiger partial charge in [0.05, 0.1) is 22.0 Å². The first-order valence-electron chi connectivity index (χ1n) is 12.2. The fourth-order valence-corrected chi connectivity index (χ4v) is 5.21. The van der Waals surface area contributed by atoms with Gasteiger partial charge >= 0.3 is 11.9 Å². The summed E-state index contributed by atoms with van der Waals surface area (Å²) in [5.41, 5.74) is 1.61. The first kappa shape index (κ1) is 26.1. The summed E-state index contributed by atoms with van der Waals surface area (Å²) >= 11 is 0. The van der Waals surface area contributed by atoms with E-state index < -0.39 is 28.4 Å². The van der Waals surface area contributed by atoms with Gasteiger partial charge in [0.15, 0.2) is 0 Å². The van der Waals surface area contributed by atoms with Crippen LogP contribution >= 0.6 is 0 Å². The average Bonchev–Trinajstić information content (AvgIpc) is 3.22. The second-order valence-electron chi connectivity index (χ2n) is 9.89. The lowest BCUT2D eigenvalue weighted by Gasteiger charge is -2.32. The molecule has 0 aliphatic carbocycles. The number of nitrogens with one attached hydrogen (secondary N) is 1. The zero-order valence-corrected chi connectivity index (χ0v) is 21.2. The zero-order valence-electron chi connectivity index (χ0n) is 21.2. The molecule has 2 aliphatic heterocycles. The number of allylic oxidation sites excluding steroid dienone is 2. The van der Waals surface area contributed by atoms with Gasteiger partial charge in [-0.2, -0.15) is 0 Å². The minimum absolute atomic E-state index is 0.0425. The number of dihydropyridines is 1. The summed E-state index contributed by atoms with van der Waals surface area (Å²) in [6, 6.07) is 15.9. The molecule has 0 saturated carbocycles. The first-order chi connectivity index (χ1) is 17.6. The van der Waals surface area contributed by atoms with Crippen LogP contribution in [0.3, 0.4) is 0 Å². The number of nitro benzene ring substituents is 1. The van der Waals surface area contributed by atoms with E-state index in [0.717, 1.165) is 19.5 Å². The number of carbonyl (C=O) groups excluding carboxylic acids is 1. The van der Waals surface area contributed by atoms with Crippen molar-refractivity contribution < 1.29 is 24.4 Å². The fourth-order valence-electron chi connectivity index (χ4n) is 5.21. The van der Waals surface area contributed by atoms with E-state index in [4.69, 9.17) is 4.74 Å². The standard InChI is InChI=1S/C28H31N3O6/c1-18-23(26(32)33)25(21-10-7-11-22(16-21)31(35)36)24(19(2)29-18)27(34)37-28(3)13-15-30(17-28)14-12-20-8-5-4-6-9-20/h4-11,16,25,29H,12-15,17H2,1-3H3,(H,32,33). The van der Waals surface area contributed by atoms with E-state index in [1.165, 1.54) is 23.8 Å². The van der Waals surface area contributed by atoms with Crippen molar-refractivity contribution in [2.24, 2.45) is 0 Å². The Kier molecular flexibility index (Phi) is 7.45. The van der Waals surface area contributed by atoms with Crippen LogP contribution in [-0.2, 0) is 20.7 Å². The molecule has 2 aromatic rings. The molecule has 0 radical (unpaired) electrons. The molecular formula is C28H31N3O6. The molecule has 4 rings (SSSR count). The van der Waals surface area contributed by atoms with Crippen LogP contribution in [0.2, 0.25) is 0 Å². The number of aliphatic carboxylic acids is 1. The van der Waals surface area contributed by atoms with Gasteiger partial charge in [-0.05, 0) is 38.3 Å². The minimum Gasteiger partial charge on any atom is -0.478 e. The Morgan fingerprint density at radius 2 is 1.84 bits per heavy atom. The Bertz CT molecular complexity index is 1290. The van der Waals surface area contributed by atoms with Gasteiger partial charge in [0, 0.05) is 49.6 Å². The predicted octanol–water partition coefficient (Wildman–Crippen LogP) is 4.16. The zero-order chi connectivity index (χ0) is 26.7. The molecule has 1 saturated heterocycles. The Balaban J connectivity index is 1.57. The van der Waals surface area contributed by atoms with Crippen molar-refractivity contribution in [2.75, 3.05) is 19.6 Å². The van der Waals surface area contributed by atoms with Gasteiger partial charge in [0.2, 0.25) is 0 Å². The van der Waals surface area contributed by atoms with E-state index in [0.29, 0.717) is 29.9 Å². The number of non-ortho nitro benzene ring substituents is 1. The fraction of sp³-hybridized carbons (Fsp3) is 0.357. The van der Waals surface area contributed by atoms with E-state index in [1.807, 2.05) is 25.1 Å². The van der Waals surface area contributed by atoms with Crippen molar-refractivity contribution in [1.82, 2.24) is 10.2 Å². The Labute approximate surface area is 215 Å². The van der Waals surface area contributed by atoms with E-state index >= 15 is 0 Å². The summed E-state index contributed by atoms with van der Waals surface area (Å²) in [7, 11) is 0. The Morgan fingerprint density at radius 1 is 1.14 bits per heavy atom. The number of carboxylic acids is 1. The van der Waals surface area contributed by atoms with Crippen LogP contribution in [0.5, 0.6) is 0 Å². The number of benzene rings is 2. The lowest BCUT2D eigenvalue weighted by atomic mass is 9.80. The number of carboxylic acid groups (broad SMARTS) is 1. The minimum atomic E-state index is -1.21. The number of hydrogen-bond acceptors (Lipinski definition) is 7. The van der Waals surface area contributed by atoms with Crippen LogP contribution in [0.4, 0.5) is 5.69 Å². The molecule has 2 unspecified atom stereocenters. The monoisotopic (exact) mass is 505 g/mol. The van der Waals surface area contributed by atoms with Crippen molar-refractivity contribution in [3.8, 4) is 0 Å². The molecule has 2 aromatic carbocycles. The maximum Gasteiger partial charge on any atom is 0.337 e. The highest BCUT2D eigenvalue weighted by atomic mass is 16.6. The highest BCUT2D eigenvalue weighted by Gasteiger charge is 2.42. The number of nitro groups is 1. The second-order valence-corrected chi connectivity index (χ2v) is 9.89. The maximum atomic E-state index is 13.6. The van der Waals surface area contributed by atoms with E-state index in [2.05, 4.69) is 22.3 Å². The summed E-state index contributed by atoms with van der Waals surface area (Å²) < 4.78 is 6.06. The number of rotatable bonds is 8. The molecule has 2 heterocycles. The molecule has 0 spiro atoms. The first-order valence-corrected chi connectivity index (χ1v) is 12.2. The van der Waals surface area contributed by atoms with Crippen molar-refractivity contribution in [3.05, 3.63) is 98.4 Å².